The number of aromatic nitrogens is 2. The SMILES string of the molecule is CC[C@H](C(=O)Nc1cc(-c2ccc(C)cc2)nn1-c1ccccc1)c1ccccc1. The zero-order chi connectivity index (χ0) is 20.9. The number of amides is 1. The molecule has 1 amide bonds. The molecule has 0 bridgehead atoms. The first-order valence-electron chi connectivity index (χ1n) is 10.2. The van der Waals surface area contributed by atoms with Crippen LogP contribution in [-0.4, -0.2) is 15.7 Å². The summed E-state index contributed by atoms with van der Waals surface area (Å²) in [5, 5.41) is 7.91. The molecule has 1 heterocycles. The van der Waals surface area contributed by atoms with E-state index in [1.807, 2.05) is 73.7 Å². The molecule has 30 heavy (non-hydrogen) atoms. The first kappa shape index (κ1) is 19.6. The number of benzene rings is 3. The van der Waals surface area contributed by atoms with Crippen LogP contribution in [0, 0.1) is 6.92 Å². The van der Waals surface area contributed by atoms with E-state index in [9.17, 15) is 4.79 Å². The number of nitrogens with zero attached hydrogens (tertiary/aromatic N) is 2. The number of hydrogen-bond donors (Lipinski definition) is 1. The average Bonchev–Trinajstić information content (AvgIpc) is 3.20. The van der Waals surface area contributed by atoms with Crippen LogP contribution in [0.2, 0.25) is 0 Å². The van der Waals surface area contributed by atoms with E-state index in [-0.39, 0.29) is 11.8 Å². The van der Waals surface area contributed by atoms with Gasteiger partial charge in [-0.15, -0.1) is 0 Å². The number of carbonyl (C=O) groups is 1. The van der Waals surface area contributed by atoms with Crippen molar-refractivity contribution in [3.05, 3.63) is 102 Å². The molecule has 0 aliphatic rings. The van der Waals surface area contributed by atoms with E-state index in [1.165, 1.54) is 5.56 Å². The summed E-state index contributed by atoms with van der Waals surface area (Å²) in [6.07, 6.45) is 0.722. The molecule has 4 aromatic rings. The van der Waals surface area contributed by atoms with Gasteiger partial charge in [-0.25, -0.2) is 4.68 Å². The Labute approximate surface area is 177 Å². The van der Waals surface area contributed by atoms with Crippen molar-refractivity contribution in [1.82, 2.24) is 9.78 Å². The van der Waals surface area contributed by atoms with Crippen LogP contribution in [0.3, 0.4) is 0 Å². The van der Waals surface area contributed by atoms with Gasteiger partial charge in [-0.2, -0.15) is 5.10 Å². The van der Waals surface area contributed by atoms with E-state index < -0.39 is 0 Å². The maximum absolute atomic E-state index is 13.2. The molecule has 0 fully saturated rings. The summed E-state index contributed by atoms with van der Waals surface area (Å²) in [4.78, 5) is 13.2. The lowest BCUT2D eigenvalue weighted by Gasteiger charge is -2.16. The smallest absolute Gasteiger partial charge is 0.233 e. The van der Waals surface area contributed by atoms with E-state index in [4.69, 9.17) is 5.10 Å². The predicted molar refractivity (Wildman–Crippen MR) is 122 cm³/mol. The fourth-order valence-corrected chi connectivity index (χ4v) is 3.57. The fraction of sp³-hybridized carbons (Fsp3) is 0.154. The Kier molecular flexibility index (Phi) is 5.75. The van der Waals surface area contributed by atoms with Crippen molar-refractivity contribution in [1.29, 1.82) is 0 Å². The van der Waals surface area contributed by atoms with Gasteiger partial charge in [-0.05, 0) is 31.0 Å². The van der Waals surface area contributed by atoms with Crippen LogP contribution in [0.15, 0.2) is 91.0 Å². The Hall–Kier alpha value is -3.66. The highest BCUT2D eigenvalue weighted by molar-refractivity contribution is 5.95. The molecule has 4 heteroatoms. The van der Waals surface area contributed by atoms with Crippen LogP contribution in [-0.2, 0) is 4.79 Å². The molecule has 0 spiro atoms. The largest absolute Gasteiger partial charge is 0.310 e. The van der Waals surface area contributed by atoms with Crippen molar-refractivity contribution in [2.24, 2.45) is 0 Å². The second-order valence-corrected chi connectivity index (χ2v) is 7.39. The maximum Gasteiger partial charge on any atom is 0.233 e. The second kappa shape index (κ2) is 8.78. The van der Waals surface area contributed by atoms with Crippen molar-refractivity contribution in [3.8, 4) is 16.9 Å². The molecule has 4 rings (SSSR count). The first-order chi connectivity index (χ1) is 14.7. The van der Waals surface area contributed by atoms with Gasteiger partial charge in [0.15, 0.2) is 0 Å². The van der Waals surface area contributed by atoms with Crippen LogP contribution < -0.4 is 5.32 Å². The monoisotopic (exact) mass is 395 g/mol. The molecule has 0 unspecified atom stereocenters. The van der Waals surface area contributed by atoms with Gasteiger partial charge in [-0.1, -0.05) is 85.3 Å². The minimum Gasteiger partial charge on any atom is -0.310 e. The summed E-state index contributed by atoms with van der Waals surface area (Å²) in [7, 11) is 0. The van der Waals surface area contributed by atoms with E-state index in [1.54, 1.807) is 4.68 Å². The number of nitrogens with one attached hydrogen (secondary N) is 1. The Morgan fingerprint density at radius 1 is 0.933 bits per heavy atom. The molecular weight excluding hydrogens is 370 g/mol. The molecule has 150 valence electrons. The molecule has 0 saturated carbocycles. The Morgan fingerprint density at radius 2 is 1.57 bits per heavy atom. The zero-order valence-corrected chi connectivity index (χ0v) is 17.2. The highest BCUT2D eigenvalue weighted by Gasteiger charge is 2.21. The molecule has 1 N–H and O–H groups in total. The highest BCUT2D eigenvalue weighted by atomic mass is 16.2. The number of carbonyl (C=O) groups excluding carboxylic acids is 1. The van der Waals surface area contributed by atoms with E-state index in [2.05, 4.69) is 36.5 Å². The predicted octanol–water partition coefficient (Wildman–Crippen LogP) is 5.98. The van der Waals surface area contributed by atoms with Gasteiger partial charge in [0.1, 0.15) is 5.82 Å². The number of anilines is 1. The summed E-state index contributed by atoms with van der Waals surface area (Å²) < 4.78 is 1.80. The van der Waals surface area contributed by atoms with E-state index in [0.717, 1.165) is 28.9 Å². The number of rotatable bonds is 6. The van der Waals surface area contributed by atoms with Gasteiger partial charge in [0, 0.05) is 11.6 Å². The molecule has 0 radical (unpaired) electrons. The minimum absolute atomic E-state index is 0.0313. The summed E-state index contributed by atoms with van der Waals surface area (Å²) >= 11 is 0. The molecular formula is C26H25N3O. The highest BCUT2D eigenvalue weighted by Crippen LogP contribution is 2.27. The molecule has 4 nitrogen and oxygen atoms in total. The van der Waals surface area contributed by atoms with Gasteiger partial charge in [0.05, 0.1) is 17.3 Å². The van der Waals surface area contributed by atoms with Gasteiger partial charge in [0.25, 0.3) is 0 Å². The second-order valence-electron chi connectivity index (χ2n) is 7.39. The third-order valence-corrected chi connectivity index (χ3v) is 5.24. The summed E-state index contributed by atoms with van der Waals surface area (Å²) in [6.45, 7) is 4.09. The van der Waals surface area contributed by atoms with Crippen molar-refractivity contribution in [2.75, 3.05) is 5.32 Å². The maximum atomic E-state index is 13.2. The summed E-state index contributed by atoms with van der Waals surface area (Å²) in [5.41, 5.74) is 4.95. The number of hydrogen-bond acceptors (Lipinski definition) is 2. The molecule has 1 atom stereocenters. The van der Waals surface area contributed by atoms with E-state index >= 15 is 0 Å². The quantitative estimate of drug-likeness (QED) is 0.436. The Bertz CT molecular complexity index is 1120. The van der Waals surface area contributed by atoms with Crippen LogP contribution in [0.5, 0.6) is 0 Å². The molecule has 0 saturated heterocycles. The molecule has 3 aromatic carbocycles. The van der Waals surface area contributed by atoms with Gasteiger partial charge < -0.3 is 5.32 Å². The third kappa shape index (κ3) is 4.18. The van der Waals surface area contributed by atoms with Crippen LogP contribution in [0.1, 0.15) is 30.4 Å². The lowest BCUT2D eigenvalue weighted by Crippen LogP contribution is -2.22. The molecule has 0 aliphatic heterocycles. The Morgan fingerprint density at radius 3 is 2.20 bits per heavy atom. The lowest BCUT2D eigenvalue weighted by molar-refractivity contribution is -0.117. The normalized spacial score (nSPS) is 11.8. The first-order valence-corrected chi connectivity index (χ1v) is 10.2. The standard InChI is InChI=1S/C26H25N3O/c1-3-23(20-10-6-4-7-11-20)26(30)27-25-18-24(21-16-14-19(2)15-17-21)28-29(25)22-12-8-5-9-13-22/h4-18,23H,3H2,1-2H3,(H,27,30)/t23-/m0/s1. The summed E-state index contributed by atoms with van der Waals surface area (Å²) in [6, 6.07) is 29.9. The van der Waals surface area contributed by atoms with Crippen molar-refractivity contribution in [3.63, 3.8) is 0 Å². The van der Waals surface area contributed by atoms with Gasteiger partial charge in [-0.3, -0.25) is 4.79 Å². The average molecular weight is 396 g/mol. The van der Waals surface area contributed by atoms with Crippen LogP contribution >= 0.6 is 0 Å². The topological polar surface area (TPSA) is 46.9 Å². The lowest BCUT2D eigenvalue weighted by atomic mass is 9.96. The fourth-order valence-electron chi connectivity index (χ4n) is 3.57. The Balaban J connectivity index is 1.70. The number of para-hydroxylation sites is 1. The molecule has 1 aromatic heterocycles. The van der Waals surface area contributed by atoms with Crippen molar-refractivity contribution < 1.29 is 4.79 Å². The van der Waals surface area contributed by atoms with Crippen molar-refractivity contribution >= 4 is 11.7 Å². The minimum atomic E-state index is -0.215. The number of aryl methyl sites for hydroxylation is 1. The van der Waals surface area contributed by atoms with Gasteiger partial charge >= 0.3 is 0 Å². The van der Waals surface area contributed by atoms with Crippen molar-refractivity contribution in [2.45, 2.75) is 26.2 Å². The summed E-state index contributed by atoms with van der Waals surface area (Å²) in [5.74, 6) is 0.417. The molecule has 0 aliphatic carbocycles. The van der Waals surface area contributed by atoms with E-state index in [0.29, 0.717) is 5.82 Å². The van der Waals surface area contributed by atoms with Crippen LogP contribution in [0.4, 0.5) is 5.82 Å². The van der Waals surface area contributed by atoms with Crippen LogP contribution in [0.25, 0.3) is 16.9 Å². The van der Waals surface area contributed by atoms with Gasteiger partial charge in [0.2, 0.25) is 5.91 Å². The third-order valence-electron chi connectivity index (χ3n) is 5.24. The zero-order valence-electron chi connectivity index (χ0n) is 17.2.